The largest absolute Gasteiger partial charge is 0.352 e. The molecule has 1 amide bonds. The minimum absolute atomic E-state index is 0.0120. The number of aromatic amines is 1. The van der Waals surface area contributed by atoms with Crippen LogP contribution in [0, 0.1) is 0 Å². The number of carbonyl (C=O) groups is 1. The molecule has 0 saturated heterocycles. The van der Waals surface area contributed by atoms with Gasteiger partial charge >= 0.3 is 0 Å². The highest BCUT2D eigenvalue weighted by Crippen LogP contribution is 2.34. The van der Waals surface area contributed by atoms with Crippen LogP contribution in [0.5, 0.6) is 0 Å². The molecule has 2 aliphatic rings. The molecule has 3 aromatic rings. The van der Waals surface area contributed by atoms with Crippen molar-refractivity contribution in [3.63, 3.8) is 0 Å². The van der Waals surface area contributed by atoms with E-state index in [0.717, 1.165) is 35.9 Å². The van der Waals surface area contributed by atoms with Crippen LogP contribution in [0.4, 0.5) is 0 Å². The molecule has 156 valence electrons. The number of benzene rings is 1. The van der Waals surface area contributed by atoms with Gasteiger partial charge in [0.2, 0.25) is 5.91 Å². The quantitative estimate of drug-likeness (QED) is 0.548. The topological polar surface area (TPSA) is 74.8 Å². The summed E-state index contributed by atoms with van der Waals surface area (Å²) < 4.78 is 0. The number of hydrogen-bond donors (Lipinski definition) is 2. The van der Waals surface area contributed by atoms with Crippen molar-refractivity contribution in [2.45, 2.75) is 57.2 Å². The van der Waals surface area contributed by atoms with Crippen LogP contribution in [0.3, 0.4) is 0 Å². The Balaban J connectivity index is 1.10. The van der Waals surface area contributed by atoms with Crippen LogP contribution in [0.1, 0.15) is 52.2 Å². The Morgan fingerprint density at radius 1 is 1.17 bits per heavy atom. The predicted molar refractivity (Wildman–Crippen MR) is 123 cm³/mol. The van der Waals surface area contributed by atoms with Crippen molar-refractivity contribution < 1.29 is 4.79 Å². The molecule has 2 aliphatic carbocycles. The van der Waals surface area contributed by atoms with E-state index in [4.69, 9.17) is 0 Å². The third-order valence-corrected chi connectivity index (χ3v) is 8.14. The smallest absolute Gasteiger partial charge is 0.259 e. The van der Waals surface area contributed by atoms with Crippen LogP contribution in [0.25, 0.3) is 10.2 Å². The number of aromatic nitrogens is 2. The zero-order chi connectivity index (χ0) is 20.5. The molecule has 30 heavy (non-hydrogen) atoms. The van der Waals surface area contributed by atoms with Gasteiger partial charge in [0.15, 0.2) is 0 Å². The molecular weight excluding hydrogens is 414 g/mol. The van der Waals surface area contributed by atoms with Gasteiger partial charge in [0.1, 0.15) is 10.7 Å². The van der Waals surface area contributed by atoms with E-state index in [-0.39, 0.29) is 11.5 Å². The molecule has 0 radical (unpaired) electrons. The Labute approximate surface area is 183 Å². The number of thioether (sulfide) groups is 1. The van der Waals surface area contributed by atoms with Crippen molar-refractivity contribution >= 4 is 39.2 Å². The van der Waals surface area contributed by atoms with Gasteiger partial charge in [-0.2, -0.15) is 11.8 Å². The number of thiophene rings is 1. The molecule has 0 unspecified atom stereocenters. The summed E-state index contributed by atoms with van der Waals surface area (Å²) in [4.78, 5) is 34.5. The van der Waals surface area contributed by atoms with Gasteiger partial charge in [0.25, 0.3) is 5.56 Å². The van der Waals surface area contributed by atoms with Crippen LogP contribution in [-0.2, 0) is 42.8 Å². The maximum absolute atomic E-state index is 12.5. The molecule has 2 aromatic heterocycles. The standard InChI is InChI=1S/C23H25N3O2S2/c27-20(24-12-14-7-8-15-3-1-4-16(15)11-14)9-10-29-13-19-25-22(28)21-17-5-2-6-18(17)30-23(21)26-19/h7-8,11H,1-6,9-10,12-13H2,(H,24,27)(H,25,26,28). The molecule has 0 fully saturated rings. The van der Waals surface area contributed by atoms with E-state index in [1.54, 1.807) is 23.1 Å². The maximum Gasteiger partial charge on any atom is 0.259 e. The fraction of sp³-hybridized carbons (Fsp3) is 0.435. The van der Waals surface area contributed by atoms with E-state index in [1.165, 1.54) is 40.0 Å². The number of hydrogen-bond acceptors (Lipinski definition) is 5. The van der Waals surface area contributed by atoms with Crippen LogP contribution in [-0.4, -0.2) is 21.6 Å². The first-order valence-electron chi connectivity index (χ1n) is 10.7. The third-order valence-electron chi connectivity index (χ3n) is 5.99. The Morgan fingerprint density at radius 3 is 2.97 bits per heavy atom. The Morgan fingerprint density at radius 2 is 2.03 bits per heavy atom. The van der Waals surface area contributed by atoms with Crippen molar-refractivity contribution in [1.82, 2.24) is 15.3 Å². The van der Waals surface area contributed by atoms with Gasteiger partial charge in [-0.1, -0.05) is 18.2 Å². The number of rotatable bonds is 7. The number of amides is 1. The summed E-state index contributed by atoms with van der Waals surface area (Å²) >= 11 is 3.30. The molecule has 0 aliphatic heterocycles. The van der Waals surface area contributed by atoms with Crippen molar-refractivity contribution in [1.29, 1.82) is 0 Å². The van der Waals surface area contributed by atoms with Crippen LogP contribution < -0.4 is 10.9 Å². The molecule has 5 rings (SSSR count). The van der Waals surface area contributed by atoms with Crippen LogP contribution >= 0.6 is 23.1 Å². The van der Waals surface area contributed by atoms with E-state index in [0.29, 0.717) is 30.3 Å². The highest BCUT2D eigenvalue weighted by Gasteiger charge is 2.21. The molecular formula is C23H25N3O2S2. The fourth-order valence-electron chi connectivity index (χ4n) is 4.47. The summed E-state index contributed by atoms with van der Waals surface area (Å²) in [5.74, 6) is 2.09. The molecule has 0 bridgehead atoms. The Kier molecular flexibility index (Phi) is 5.65. The van der Waals surface area contributed by atoms with Gasteiger partial charge in [-0.25, -0.2) is 4.98 Å². The number of fused-ring (bicyclic) bond motifs is 4. The Bertz CT molecular complexity index is 1170. The second-order valence-corrected chi connectivity index (χ2v) is 10.3. The van der Waals surface area contributed by atoms with Gasteiger partial charge in [0, 0.05) is 23.6 Å². The minimum atomic E-state index is -0.0120. The van der Waals surface area contributed by atoms with Crippen molar-refractivity contribution in [3.05, 3.63) is 61.5 Å². The van der Waals surface area contributed by atoms with E-state index in [1.807, 2.05) is 0 Å². The monoisotopic (exact) mass is 439 g/mol. The second-order valence-electron chi connectivity index (χ2n) is 8.09. The molecule has 0 spiro atoms. The molecule has 7 heteroatoms. The second kappa shape index (κ2) is 8.55. The van der Waals surface area contributed by atoms with Crippen molar-refractivity contribution in [2.75, 3.05) is 5.75 Å². The third kappa shape index (κ3) is 4.05. The number of carbonyl (C=O) groups excluding carboxylic acids is 1. The summed E-state index contributed by atoms with van der Waals surface area (Å²) in [7, 11) is 0. The summed E-state index contributed by atoms with van der Waals surface area (Å²) in [6.07, 6.45) is 7.25. The number of nitrogens with zero attached hydrogens (tertiary/aromatic N) is 1. The van der Waals surface area contributed by atoms with Gasteiger partial charge < -0.3 is 10.3 Å². The first-order valence-corrected chi connectivity index (χ1v) is 12.6. The molecule has 0 saturated carbocycles. The predicted octanol–water partition coefficient (Wildman–Crippen LogP) is 3.90. The SMILES string of the molecule is O=C(CCSCc1nc2sc3c(c2c(=O)[nH]1)CCC3)NCc1ccc2c(c1)CCC2. The van der Waals surface area contributed by atoms with E-state index in [2.05, 4.69) is 33.5 Å². The lowest BCUT2D eigenvalue weighted by atomic mass is 10.1. The summed E-state index contributed by atoms with van der Waals surface area (Å²) in [5.41, 5.74) is 5.27. The summed E-state index contributed by atoms with van der Waals surface area (Å²) in [6.45, 7) is 0.589. The first-order chi connectivity index (χ1) is 14.7. The van der Waals surface area contributed by atoms with Crippen LogP contribution in [0.15, 0.2) is 23.0 Å². The lowest BCUT2D eigenvalue weighted by Gasteiger charge is -2.07. The normalized spacial score (nSPS) is 14.8. The molecule has 2 N–H and O–H groups in total. The van der Waals surface area contributed by atoms with Gasteiger partial charge in [-0.15, -0.1) is 11.3 Å². The molecule has 1 aromatic carbocycles. The number of aryl methyl sites for hydroxylation is 4. The van der Waals surface area contributed by atoms with Gasteiger partial charge in [0.05, 0.1) is 11.1 Å². The van der Waals surface area contributed by atoms with Crippen molar-refractivity contribution in [3.8, 4) is 0 Å². The molecule has 0 atom stereocenters. The minimum Gasteiger partial charge on any atom is -0.352 e. The van der Waals surface area contributed by atoms with Crippen LogP contribution in [0.2, 0.25) is 0 Å². The molecule has 5 nitrogen and oxygen atoms in total. The average molecular weight is 440 g/mol. The van der Waals surface area contributed by atoms with Crippen molar-refractivity contribution in [2.24, 2.45) is 0 Å². The zero-order valence-corrected chi connectivity index (χ0v) is 18.5. The highest BCUT2D eigenvalue weighted by molar-refractivity contribution is 7.98. The lowest BCUT2D eigenvalue weighted by molar-refractivity contribution is -0.120. The first kappa shape index (κ1) is 19.8. The van der Waals surface area contributed by atoms with E-state index >= 15 is 0 Å². The lowest BCUT2D eigenvalue weighted by Crippen LogP contribution is -2.23. The fourth-order valence-corrected chi connectivity index (χ4v) is 6.56. The van der Waals surface area contributed by atoms with E-state index < -0.39 is 0 Å². The molecule has 2 heterocycles. The Hall–Kier alpha value is -2.12. The number of nitrogens with one attached hydrogen (secondary N) is 2. The summed E-state index contributed by atoms with van der Waals surface area (Å²) in [6, 6.07) is 6.56. The number of H-pyrrole nitrogens is 1. The van der Waals surface area contributed by atoms with Gasteiger partial charge in [-0.05, 0) is 60.8 Å². The highest BCUT2D eigenvalue weighted by atomic mass is 32.2. The average Bonchev–Trinajstić information content (AvgIpc) is 3.44. The summed E-state index contributed by atoms with van der Waals surface area (Å²) in [5, 5.41) is 3.82. The van der Waals surface area contributed by atoms with E-state index in [9.17, 15) is 9.59 Å². The van der Waals surface area contributed by atoms with Gasteiger partial charge in [-0.3, -0.25) is 9.59 Å². The zero-order valence-electron chi connectivity index (χ0n) is 16.9. The maximum atomic E-state index is 12.5.